The van der Waals surface area contributed by atoms with Crippen LogP contribution in [-0.4, -0.2) is 90.7 Å². The van der Waals surface area contributed by atoms with Crippen molar-refractivity contribution in [2.24, 2.45) is 0 Å². The average Bonchev–Trinajstić information content (AvgIpc) is 3.22. The van der Waals surface area contributed by atoms with Crippen LogP contribution in [0.25, 0.3) is 0 Å². The van der Waals surface area contributed by atoms with E-state index in [1.807, 2.05) is 18.2 Å². The van der Waals surface area contributed by atoms with Crippen LogP contribution in [0.4, 0.5) is 17.1 Å². The topological polar surface area (TPSA) is 264 Å². The van der Waals surface area contributed by atoms with Gasteiger partial charge in [-0.2, -0.15) is 12.9 Å². The largest absolute Gasteiger partial charge is 0.487 e. The summed E-state index contributed by atoms with van der Waals surface area (Å²) in [5, 5.41) is 36.0. The molecule has 0 radical (unpaired) electrons. The molecule has 1 aliphatic heterocycles. The van der Waals surface area contributed by atoms with Gasteiger partial charge in [-0.3, -0.25) is 35.3 Å². The fraction of sp³-hybridized carbons (Fsp3) is 0.250. The number of nitrogens with zero attached hydrogens (tertiary/aromatic N) is 7. The Hall–Kier alpha value is -5.98. The first-order valence-electron chi connectivity index (χ1n) is 17.7. The number of fused-ring (bicyclic) bond motifs is 2. The fourth-order valence-corrected chi connectivity index (χ4v) is 11.1. The third-order valence-corrected chi connectivity index (χ3v) is 15.1. The summed E-state index contributed by atoms with van der Waals surface area (Å²) in [4.78, 5) is 35.7. The molecule has 0 saturated carbocycles. The zero-order valence-corrected chi connectivity index (χ0v) is 33.3. The van der Waals surface area contributed by atoms with Gasteiger partial charge in [0.1, 0.15) is 12.4 Å². The van der Waals surface area contributed by atoms with Crippen molar-refractivity contribution in [3.8, 4) is 5.75 Å². The minimum atomic E-state index is -4.95. The third-order valence-electron chi connectivity index (χ3n) is 9.36. The van der Waals surface area contributed by atoms with Gasteiger partial charge in [0.2, 0.25) is 30.1 Å². The van der Waals surface area contributed by atoms with Crippen molar-refractivity contribution in [3.63, 3.8) is 0 Å². The lowest BCUT2D eigenvalue weighted by molar-refractivity contribution is -0.388. The average molecular weight is 870 g/mol. The Bertz CT molecular complexity index is 2710. The Morgan fingerprint density at radius 1 is 0.576 bits per heavy atom. The van der Waals surface area contributed by atoms with Crippen LogP contribution in [0.2, 0.25) is 0 Å². The number of benzene rings is 3. The lowest BCUT2D eigenvalue weighted by atomic mass is 10.1. The number of rotatable bonds is 12. The molecule has 2 bridgehead atoms. The monoisotopic (exact) mass is 869 g/mol. The van der Waals surface area contributed by atoms with Crippen molar-refractivity contribution in [3.05, 3.63) is 150 Å². The molecule has 2 aliphatic rings. The minimum Gasteiger partial charge on any atom is -0.487 e. The summed E-state index contributed by atoms with van der Waals surface area (Å²) in [6.45, 7) is -4.23. The molecule has 2 heterocycles. The number of allylic oxidation sites excluding steroid dienone is 2. The van der Waals surface area contributed by atoms with E-state index in [4.69, 9.17) is 4.74 Å². The third kappa shape index (κ3) is 9.19. The second-order valence-electron chi connectivity index (χ2n) is 13.1. The first-order valence-corrected chi connectivity index (χ1v) is 22.0. The first-order chi connectivity index (χ1) is 28.0. The molecule has 4 aromatic rings. The summed E-state index contributed by atoms with van der Waals surface area (Å²) < 4.78 is 94.6. The van der Waals surface area contributed by atoms with Gasteiger partial charge in [0, 0.05) is 44.4 Å². The summed E-state index contributed by atoms with van der Waals surface area (Å²) >= 11 is 0. The molecule has 0 fully saturated rings. The molecule has 23 heteroatoms. The second kappa shape index (κ2) is 17.5. The van der Waals surface area contributed by atoms with Crippen LogP contribution >= 0.6 is 0 Å². The van der Waals surface area contributed by atoms with Crippen molar-refractivity contribution in [2.45, 2.75) is 40.6 Å². The zero-order chi connectivity index (χ0) is 42.5. The fourth-order valence-electron chi connectivity index (χ4n) is 6.41. The molecule has 20 nitrogen and oxygen atoms in total. The molecule has 0 saturated heterocycles. The van der Waals surface area contributed by atoms with E-state index in [2.05, 4.69) is 4.98 Å². The lowest BCUT2D eigenvalue weighted by Gasteiger charge is -2.30. The van der Waals surface area contributed by atoms with Crippen LogP contribution in [0.15, 0.2) is 123 Å². The summed E-state index contributed by atoms with van der Waals surface area (Å²) in [5.41, 5.74) is -1.65. The number of pyridine rings is 1. The number of hydrogen-bond donors (Lipinski definition) is 0. The number of aromatic nitrogens is 1. The van der Waals surface area contributed by atoms with Crippen molar-refractivity contribution in [1.82, 2.24) is 17.9 Å². The number of para-hydroxylation sites is 3. The van der Waals surface area contributed by atoms with Crippen LogP contribution in [-0.2, 0) is 43.2 Å². The Morgan fingerprint density at radius 3 is 1.47 bits per heavy atom. The van der Waals surface area contributed by atoms with Gasteiger partial charge in [0.05, 0.1) is 39.2 Å². The molecular formula is C36H35N7O13S3. The highest BCUT2D eigenvalue weighted by molar-refractivity contribution is 7.90. The predicted molar refractivity (Wildman–Crippen MR) is 209 cm³/mol. The summed E-state index contributed by atoms with van der Waals surface area (Å²) in [5.74, 6) is 0.0472. The molecule has 310 valence electrons. The van der Waals surface area contributed by atoms with Crippen LogP contribution in [0.3, 0.4) is 0 Å². The van der Waals surface area contributed by atoms with Crippen molar-refractivity contribution >= 4 is 47.1 Å². The van der Waals surface area contributed by atoms with Gasteiger partial charge in [-0.05, 0) is 48.7 Å². The molecule has 59 heavy (non-hydrogen) atoms. The van der Waals surface area contributed by atoms with Crippen molar-refractivity contribution < 1.29 is 44.8 Å². The van der Waals surface area contributed by atoms with Gasteiger partial charge in [-0.1, -0.05) is 54.6 Å². The maximum atomic E-state index is 14.5. The Morgan fingerprint density at radius 2 is 1.02 bits per heavy atom. The highest BCUT2D eigenvalue weighted by Crippen LogP contribution is 2.33. The van der Waals surface area contributed by atoms with E-state index in [1.165, 1.54) is 48.5 Å². The van der Waals surface area contributed by atoms with Gasteiger partial charge in [0.25, 0.3) is 17.1 Å². The van der Waals surface area contributed by atoms with Gasteiger partial charge in [0.15, 0.2) is 14.7 Å². The van der Waals surface area contributed by atoms with Crippen molar-refractivity contribution in [2.75, 3.05) is 32.8 Å². The number of sulfonamides is 3. The van der Waals surface area contributed by atoms with Crippen LogP contribution in [0.5, 0.6) is 5.75 Å². The van der Waals surface area contributed by atoms with Gasteiger partial charge >= 0.3 is 0 Å². The second-order valence-corrected chi connectivity index (χ2v) is 18.8. The van der Waals surface area contributed by atoms with Gasteiger partial charge in [-0.15, -0.1) is 0 Å². The Kier molecular flexibility index (Phi) is 12.6. The molecule has 3 aromatic carbocycles. The van der Waals surface area contributed by atoms with Crippen LogP contribution in [0.1, 0.15) is 24.2 Å². The number of hydrogen-bond acceptors (Lipinski definition) is 14. The molecule has 0 spiro atoms. The van der Waals surface area contributed by atoms with E-state index < -0.39 is 116 Å². The molecule has 0 amide bonds. The number of nitro groups is 3. The first kappa shape index (κ1) is 42.6. The van der Waals surface area contributed by atoms with E-state index >= 15 is 0 Å². The van der Waals surface area contributed by atoms with Crippen molar-refractivity contribution in [1.29, 1.82) is 0 Å². The maximum Gasteiger partial charge on any atom is 0.289 e. The highest BCUT2D eigenvalue weighted by Gasteiger charge is 2.38. The molecule has 0 unspecified atom stereocenters. The normalized spacial score (nSPS) is 16.3. The van der Waals surface area contributed by atoms with Crippen LogP contribution < -0.4 is 4.74 Å². The van der Waals surface area contributed by atoms with Gasteiger partial charge in [-0.25, -0.2) is 25.3 Å². The zero-order valence-electron chi connectivity index (χ0n) is 30.8. The van der Waals surface area contributed by atoms with E-state index in [9.17, 15) is 55.6 Å². The van der Waals surface area contributed by atoms with Crippen LogP contribution in [0, 0.1) is 30.3 Å². The Labute approximate surface area is 338 Å². The smallest absolute Gasteiger partial charge is 0.289 e. The summed E-state index contributed by atoms with van der Waals surface area (Å²) in [7, 11) is -14.6. The van der Waals surface area contributed by atoms with E-state index in [-0.39, 0.29) is 23.7 Å². The van der Waals surface area contributed by atoms with E-state index in [1.54, 1.807) is 0 Å². The predicted octanol–water partition coefficient (Wildman–Crippen LogP) is 4.55. The SMILES string of the molecule is O=[N+]([O-])c1ccccc1S(=O)(=O)N1CCN(S(=O)(=O)c2ccccc2[N+](=O)[O-])Cc2ccc(OCC3=CCCC=C3)c(n2)CN(S(=O)(=O)c2ccccc2[N+](=O)[O-])CC1. The lowest BCUT2D eigenvalue weighted by Crippen LogP contribution is -2.45. The molecule has 0 atom stereocenters. The summed E-state index contributed by atoms with van der Waals surface area (Å²) in [6.07, 6.45) is 7.29. The van der Waals surface area contributed by atoms with E-state index in [0.29, 0.717) is 4.31 Å². The highest BCUT2D eigenvalue weighted by atomic mass is 32.2. The molecule has 1 aliphatic carbocycles. The Balaban J connectivity index is 1.53. The molecular weight excluding hydrogens is 835 g/mol. The molecule has 1 aromatic heterocycles. The standard InChI is InChI=1S/C36H35N7O13S3/c44-41(45)30-12-4-7-15-34(30)57(50,51)38-20-22-39(58(52,53)35-16-8-5-13-31(35)42(46)47)24-28-18-19-33(56-26-27-10-2-1-3-11-27)29(37-28)25-40(23-21-38)59(54,55)36-17-9-6-14-32(36)43(48)49/h2,4-19H,1,3,20-26H2. The summed E-state index contributed by atoms with van der Waals surface area (Å²) in [6, 6.07) is 16.3. The number of ether oxygens (including phenoxy) is 1. The van der Waals surface area contributed by atoms with Gasteiger partial charge < -0.3 is 4.74 Å². The number of nitro benzene ring substituents is 3. The molecule has 0 N–H and O–H groups in total. The minimum absolute atomic E-state index is 0.0111. The maximum absolute atomic E-state index is 14.5. The van der Waals surface area contributed by atoms with E-state index in [0.717, 1.165) is 63.4 Å². The molecule has 6 rings (SSSR count). The quantitative estimate of drug-likeness (QED) is 0.140.